The number of fused-ring (bicyclic) bond motifs is 1. The highest BCUT2D eigenvalue weighted by Gasteiger charge is 2.51. The molecule has 254 valence electrons. The van der Waals surface area contributed by atoms with Gasteiger partial charge >= 0.3 is 5.97 Å². The zero-order valence-corrected chi connectivity index (χ0v) is 30.6. The number of aliphatic carboxylic acids is 1. The molecule has 9 heteroatoms. The zero-order valence-electron chi connectivity index (χ0n) is 28.6. The van der Waals surface area contributed by atoms with Crippen molar-refractivity contribution in [1.82, 2.24) is 4.57 Å². The minimum absolute atomic E-state index is 0.0593. The van der Waals surface area contributed by atoms with E-state index in [1.165, 1.54) is 12.1 Å². The van der Waals surface area contributed by atoms with Gasteiger partial charge in [-0.1, -0.05) is 118 Å². The Balaban J connectivity index is 1.43. The Morgan fingerprint density at radius 1 is 0.898 bits per heavy atom. The number of hydrogen-bond acceptors (Lipinski definition) is 4. The minimum Gasteiger partial charge on any atom is -0.481 e. The van der Waals surface area contributed by atoms with Crippen molar-refractivity contribution < 1.29 is 27.8 Å². The van der Waals surface area contributed by atoms with Crippen LogP contribution in [0.25, 0.3) is 22.0 Å². The first-order valence-electron chi connectivity index (χ1n) is 16.5. The molecule has 0 saturated heterocycles. The van der Waals surface area contributed by atoms with Crippen molar-refractivity contribution in [2.45, 2.75) is 58.2 Å². The highest BCUT2D eigenvalue weighted by molar-refractivity contribution is 7.39. The van der Waals surface area contributed by atoms with E-state index in [2.05, 4.69) is 51.0 Å². The zero-order chi connectivity index (χ0) is 35.2. The Kier molecular flexibility index (Phi) is 11.4. The van der Waals surface area contributed by atoms with Crippen LogP contribution in [0, 0.1) is 17.7 Å². The number of halogens is 1. The number of para-hydroxylation sites is 1. The molecule has 6 nitrogen and oxygen atoms in total. The summed E-state index contributed by atoms with van der Waals surface area (Å²) in [6.45, 7) is 10.4. The monoisotopic (exact) mass is 695 g/mol. The second-order valence-electron chi connectivity index (χ2n) is 13.4. The number of nitrogens with zero attached hydrogens (tertiary/aromatic N) is 1. The Bertz CT molecular complexity index is 1940. The molecule has 1 heterocycles. The van der Waals surface area contributed by atoms with E-state index in [0.29, 0.717) is 0 Å². The predicted octanol–water partition coefficient (Wildman–Crippen LogP) is 8.29. The Morgan fingerprint density at radius 2 is 1.47 bits per heavy atom. The SMILES string of the molecule is CC(C)n1c(C#CCO[PH](=O)CC(CC(=O)O)O[Si](c2ccccc2)(c2ccccc2)C(C)(C)C)c(-c2ccc(F)cc2)c2ccccc21. The molecule has 5 rings (SSSR count). The van der Waals surface area contributed by atoms with Gasteiger partial charge in [-0.25, -0.2) is 4.39 Å². The molecule has 0 bridgehead atoms. The van der Waals surface area contributed by atoms with Gasteiger partial charge in [-0.05, 0) is 58.9 Å². The first-order chi connectivity index (χ1) is 23.4. The van der Waals surface area contributed by atoms with Gasteiger partial charge in [0.2, 0.25) is 0 Å². The molecule has 0 aliphatic heterocycles. The van der Waals surface area contributed by atoms with Crippen molar-refractivity contribution in [3.05, 3.63) is 121 Å². The first-order valence-corrected chi connectivity index (χ1v) is 19.9. The maximum atomic E-state index is 13.8. The normalized spacial score (nSPS) is 13.2. The molecule has 0 amide bonds. The quantitative estimate of drug-likeness (QED) is 0.0808. The third-order valence-corrected chi connectivity index (χ3v) is 15.0. The van der Waals surface area contributed by atoms with Crippen LogP contribution >= 0.6 is 8.03 Å². The van der Waals surface area contributed by atoms with Gasteiger partial charge in [0.25, 0.3) is 8.32 Å². The molecular formula is C40H43FNO5PSi. The van der Waals surface area contributed by atoms with E-state index in [9.17, 15) is 18.9 Å². The average Bonchev–Trinajstić information content (AvgIpc) is 3.40. The number of benzene rings is 4. The Labute approximate surface area is 289 Å². The summed E-state index contributed by atoms with van der Waals surface area (Å²) in [6.07, 6.45) is -1.22. The van der Waals surface area contributed by atoms with Crippen molar-refractivity contribution in [2.75, 3.05) is 12.8 Å². The van der Waals surface area contributed by atoms with Crippen LogP contribution in [0.15, 0.2) is 109 Å². The molecule has 4 aromatic carbocycles. The molecule has 0 fully saturated rings. The number of carboxylic acids is 1. The average molecular weight is 696 g/mol. The second-order valence-corrected chi connectivity index (χ2v) is 19.1. The van der Waals surface area contributed by atoms with Gasteiger partial charge in [0.1, 0.15) is 18.1 Å². The predicted molar refractivity (Wildman–Crippen MR) is 199 cm³/mol. The third kappa shape index (κ3) is 7.98. The fraction of sp³-hybridized carbons (Fsp3) is 0.275. The molecule has 1 N–H and O–H groups in total. The van der Waals surface area contributed by atoms with E-state index in [4.69, 9.17) is 8.95 Å². The number of rotatable bonds is 12. The van der Waals surface area contributed by atoms with Gasteiger partial charge in [0.05, 0.1) is 12.5 Å². The molecule has 2 atom stereocenters. The molecule has 5 aromatic rings. The van der Waals surface area contributed by atoms with Gasteiger partial charge in [0.15, 0.2) is 8.03 Å². The second kappa shape index (κ2) is 15.5. The summed E-state index contributed by atoms with van der Waals surface area (Å²) in [6, 6.07) is 34.4. The number of hydrogen-bond donors (Lipinski definition) is 1. The molecule has 0 spiro atoms. The van der Waals surface area contributed by atoms with Gasteiger partial charge < -0.3 is 18.6 Å². The first kappa shape index (κ1) is 36.0. The number of aromatic nitrogens is 1. The summed E-state index contributed by atoms with van der Waals surface area (Å²) in [5.41, 5.74) is 3.50. The maximum Gasteiger partial charge on any atom is 0.305 e. The van der Waals surface area contributed by atoms with Crippen molar-refractivity contribution >= 4 is 43.6 Å². The summed E-state index contributed by atoms with van der Waals surface area (Å²) in [7, 11) is -5.85. The van der Waals surface area contributed by atoms with Gasteiger partial charge in [-0.3, -0.25) is 9.36 Å². The van der Waals surface area contributed by atoms with Crippen LogP contribution in [0.2, 0.25) is 5.04 Å². The third-order valence-electron chi connectivity index (χ3n) is 8.63. The van der Waals surface area contributed by atoms with Gasteiger partial charge in [-0.2, -0.15) is 0 Å². The summed E-state index contributed by atoms with van der Waals surface area (Å²) in [4.78, 5) is 12.1. The smallest absolute Gasteiger partial charge is 0.305 e. The Hall–Kier alpha value is -4.25. The fourth-order valence-electron chi connectivity index (χ4n) is 6.60. The number of carbonyl (C=O) groups is 1. The van der Waals surface area contributed by atoms with E-state index in [1.807, 2.05) is 84.9 Å². The van der Waals surface area contributed by atoms with E-state index < -0.39 is 28.4 Å². The largest absolute Gasteiger partial charge is 0.481 e. The summed E-state index contributed by atoms with van der Waals surface area (Å²) in [5, 5.41) is 12.5. The topological polar surface area (TPSA) is 77.8 Å². The van der Waals surface area contributed by atoms with Crippen molar-refractivity contribution in [3.63, 3.8) is 0 Å². The summed E-state index contributed by atoms with van der Waals surface area (Å²) >= 11 is 0. The highest BCUT2D eigenvalue weighted by atomic mass is 31.1. The van der Waals surface area contributed by atoms with Crippen LogP contribution in [0.1, 0.15) is 52.8 Å². The van der Waals surface area contributed by atoms with Crippen molar-refractivity contribution in [3.8, 4) is 23.0 Å². The van der Waals surface area contributed by atoms with Crippen LogP contribution in [0.5, 0.6) is 0 Å². The van der Waals surface area contributed by atoms with Gasteiger partial charge in [0, 0.05) is 28.7 Å². The Morgan fingerprint density at radius 3 is 2.02 bits per heavy atom. The van der Waals surface area contributed by atoms with Gasteiger partial charge in [-0.15, -0.1) is 0 Å². The minimum atomic E-state index is -3.10. The maximum absolute atomic E-state index is 13.8. The van der Waals surface area contributed by atoms with Crippen LogP contribution in [0.4, 0.5) is 4.39 Å². The molecule has 1 aromatic heterocycles. The summed E-state index contributed by atoms with van der Waals surface area (Å²) < 4.78 is 42.3. The van der Waals surface area contributed by atoms with Crippen LogP contribution in [0.3, 0.4) is 0 Å². The van der Waals surface area contributed by atoms with E-state index in [1.54, 1.807) is 12.1 Å². The lowest BCUT2D eigenvalue weighted by atomic mass is 10.0. The lowest BCUT2D eigenvalue weighted by molar-refractivity contribution is -0.138. The molecule has 0 aliphatic rings. The van der Waals surface area contributed by atoms with E-state index in [0.717, 1.165) is 38.1 Å². The molecule has 0 saturated carbocycles. The lowest BCUT2D eigenvalue weighted by Gasteiger charge is -2.45. The van der Waals surface area contributed by atoms with Crippen LogP contribution in [-0.2, 0) is 18.3 Å². The molecule has 0 aliphatic carbocycles. The van der Waals surface area contributed by atoms with E-state index in [-0.39, 0.29) is 36.1 Å². The summed E-state index contributed by atoms with van der Waals surface area (Å²) in [5.74, 6) is 4.97. The molecule has 0 radical (unpaired) electrons. The molecule has 2 unspecified atom stereocenters. The molecule has 49 heavy (non-hydrogen) atoms. The lowest BCUT2D eigenvalue weighted by Crippen LogP contribution is -2.68. The molecular weight excluding hydrogens is 653 g/mol. The number of carboxylic acid groups (broad SMARTS) is 1. The van der Waals surface area contributed by atoms with Crippen LogP contribution in [-0.4, -0.2) is 42.8 Å². The van der Waals surface area contributed by atoms with Crippen LogP contribution < -0.4 is 10.4 Å². The van der Waals surface area contributed by atoms with E-state index >= 15 is 0 Å². The van der Waals surface area contributed by atoms with Crippen molar-refractivity contribution in [2.24, 2.45) is 0 Å². The standard InChI is InChI=1S/C40H43FNO5PSi/c1-29(2)42-36-20-13-12-19-35(36)39(30-22-24-31(41)25-23-30)37(42)21-14-26-46-48(45)28-32(27-38(43)44)47-49(40(3,4)5,33-15-8-6-9-16-33)34-17-10-7-11-18-34/h6-13,15-20,22-25,29,32,48H,26-28H2,1-5H3,(H,43,44). The fourth-order valence-corrected chi connectivity index (χ4v) is 12.4. The highest BCUT2D eigenvalue weighted by Crippen LogP contribution is 2.40. The van der Waals surface area contributed by atoms with Crippen molar-refractivity contribution in [1.29, 1.82) is 0 Å².